The Morgan fingerprint density at radius 1 is 1.06 bits per heavy atom. The molecular weight excluding hydrogens is 208 g/mol. The van der Waals surface area contributed by atoms with E-state index in [0.29, 0.717) is 17.1 Å². The summed E-state index contributed by atoms with van der Waals surface area (Å²) in [7, 11) is 0. The Kier molecular flexibility index (Phi) is 2.18. The highest BCUT2D eigenvalue weighted by atomic mass is 16.1. The van der Waals surface area contributed by atoms with E-state index < -0.39 is 0 Å². The van der Waals surface area contributed by atoms with E-state index in [1.165, 1.54) is 32.1 Å². The van der Waals surface area contributed by atoms with Crippen LogP contribution in [0.25, 0.3) is 0 Å². The maximum atomic E-state index is 12.8. The first kappa shape index (κ1) is 11.7. The maximum absolute atomic E-state index is 12.8. The van der Waals surface area contributed by atoms with Crippen molar-refractivity contribution in [2.45, 2.75) is 66.2 Å². The molecule has 0 aromatic carbocycles. The Morgan fingerprint density at radius 3 is 2.41 bits per heavy atom. The fourth-order valence-electron chi connectivity index (χ4n) is 6.37. The number of rotatable bonds is 0. The molecule has 0 spiro atoms. The number of carbonyl (C=O) groups excluding carboxylic acids is 1. The van der Waals surface area contributed by atoms with E-state index in [-0.39, 0.29) is 10.8 Å². The van der Waals surface area contributed by atoms with Crippen LogP contribution in [0.4, 0.5) is 0 Å². The molecule has 0 heterocycles. The summed E-state index contributed by atoms with van der Waals surface area (Å²) in [5, 5.41) is 0. The van der Waals surface area contributed by atoms with Crippen LogP contribution in [0.1, 0.15) is 66.2 Å². The smallest absolute Gasteiger partial charge is 0.140 e. The Labute approximate surface area is 105 Å². The molecule has 0 bridgehead atoms. The first-order chi connectivity index (χ1) is 7.88. The lowest BCUT2D eigenvalue weighted by Crippen LogP contribution is -2.54. The molecule has 17 heavy (non-hydrogen) atoms. The Bertz CT molecular complexity index is 370. The van der Waals surface area contributed by atoms with E-state index in [1.807, 2.05) is 0 Å². The topological polar surface area (TPSA) is 17.1 Å². The molecule has 0 aromatic heterocycles. The molecular formula is C16H26O. The summed E-state index contributed by atoms with van der Waals surface area (Å²) in [4.78, 5) is 12.8. The lowest BCUT2D eigenvalue weighted by molar-refractivity contribution is -0.149. The van der Waals surface area contributed by atoms with Crippen LogP contribution in [-0.4, -0.2) is 5.78 Å². The lowest BCUT2D eigenvalue weighted by Gasteiger charge is -2.57. The number of ketones is 1. The standard InChI is InChI=1S/C16H26O/c1-11-6-9-16-13(17)10-12(2)15(11,16)8-5-7-14(16,3)4/h11-12H,5-10H2,1-4H3/t11-,12-,15-,16+/m0/s1. The van der Waals surface area contributed by atoms with Gasteiger partial charge in [0.05, 0.1) is 0 Å². The molecule has 3 rings (SSSR count). The fourth-order valence-corrected chi connectivity index (χ4v) is 6.37. The van der Waals surface area contributed by atoms with Crippen molar-refractivity contribution in [3.63, 3.8) is 0 Å². The molecule has 96 valence electrons. The third kappa shape index (κ3) is 1.02. The highest BCUT2D eigenvalue weighted by Gasteiger charge is 2.73. The maximum Gasteiger partial charge on any atom is 0.140 e. The highest BCUT2D eigenvalue weighted by Crippen LogP contribution is 2.76. The van der Waals surface area contributed by atoms with Crippen molar-refractivity contribution in [2.24, 2.45) is 28.1 Å². The van der Waals surface area contributed by atoms with Gasteiger partial charge >= 0.3 is 0 Å². The molecule has 3 aliphatic carbocycles. The minimum absolute atomic E-state index is 0.0388. The van der Waals surface area contributed by atoms with E-state index in [4.69, 9.17) is 0 Å². The minimum atomic E-state index is 0.0388. The predicted molar refractivity (Wildman–Crippen MR) is 69.7 cm³/mol. The Morgan fingerprint density at radius 2 is 1.76 bits per heavy atom. The lowest BCUT2D eigenvalue weighted by atomic mass is 9.46. The van der Waals surface area contributed by atoms with Gasteiger partial charge in [0.2, 0.25) is 0 Å². The van der Waals surface area contributed by atoms with Crippen LogP contribution in [0, 0.1) is 28.1 Å². The summed E-state index contributed by atoms with van der Waals surface area (Å²) in [5.74, 6) is 1.98. The van der Waals surface area contributed by atoms with Gasteiger partial charge in [-0.15, -0.1) is 0 Å². The van der Waals surface area contributed by atoms with Crippen molar-refractivity contribution in [3.05, 3.63) is 0 Å². The molecule has 4 atom stereocenters. The zero-order valence-electron chi connectivity index (χ0n) is 11.8. The number of hydrogen-bond donors (Lipinski definition) is 0. The van der Waals surface area contributed by atoms with E-state index in [2.05, 4.69) is 27.7 Å². The molecule has 3 saturated carbocycles. The monoisotopic (exact) mass is 234 g/mol. The van der Waals surface area contributed by atoms with Gasteiger partial charge in [0.1, 0.15) is 5.78 Å². The van der Waals surface area contributed by atoms with Crippen LogP contribution >= 0.6 is 0 Å². The summed E-state index contributed by atoms with van der Waals surface area (Å²) < 4.78 is 0. The van der Waals surface area contributed by atoms with Crippen LogP contribution < -0.4 is 0 Å². The molecule has 0 radical (unpaired) electrons. The zero-order chi connectivity index (χ0) is 12.5. The summed E-state index contributed by atoms with van der Waals surface area (Å²) >= 11 is 0. The van der Waals surface area contributed by atoms with Crippen molar-refractivity contribution in [1.29, 1.82) is 0 Å². The molecule has 0 N–H and O–H groups in total. The highest BCUT2D eigenvalue weighted by molar-refractivity contribution is 5.90. The first-order valence-corrected chi connectivity index (χ1v) is 7.42. The molecule has 0 unspecified atom stereocenters. The zero-order valence-corrected chi connectivity index (χ0v) is 11.8. The van der Waals surface area contributed by atoms with E-state index in [0.717, 1.165) is 12.3 Å². The van der Waals surface area contributed by atoms with Gasteiger partial charge in [-0.3, -0.25) is 4.79 Å². The van der Waals surface area contributed by atoms with Crippen LogP contribution in [0.3, 0.4) is 0 Å². The third-order valence-corrected chi connectivity index (χ3v) is 7.02. The SMILES string of the molecule is C[C@H]1CC[C@]23C(=O)C[C@H](C)[C@]12CCCC3(C)C. The van der Waals surface area contributed by atoms with Crippen LogP contribution in [0.2, 0.25) is 0 Å². The van der Waals surface area contributed by atoms with Gasteiger partial charge in [-0.2, -0.15) is 0 Å². The molecule has 0 aliphatic heterocycles. The Balaban J connectivity index is 2.23. The molecule has 0 amide bonds. The normalized spacial score (nSPS) is 52.4. The molecule has 3 fully saturated rings. The number of Topliss-reactive ketones (excluding diaryl/α,β-unsaturated/α-hetero) is 1. The van der Waals surface area contributed by atoms with Crippen molar-refractivity contribution in [1.82, 2.24) is 0 Å². The van der Waals surface area contributed by atoms with Crippen LogP contribution in [0.15, 0.2) is 0 Å². The third-order valence-electron chi connectivity index (χ3n) is 7.02. The van der Waals surface area contributed by atoms with Gasteiger partial charge in [-0.05, 0) is 48.3 Å². The average molecular weight is 234 g/mol. The second-order valence-electron chi connectivity index (χ2n) is 7.65. The summed E-state index contributed by atoms with van der Waals surface area (Å²) in [6, 6.07) is 0. The quantitative estimate of drug-likeness (QED) is 0.613. The second-order valence-corrected chi connectivity index (χ2v) is 7.65. The van der Waals surface area contributed by atoms with Crippen LogP contribution in [-0.2, 0) is 4.79 Å². The van der Waals surface area contributed by atoms with E-state index in [9.17, 15) is 4.79 Å². The molecule has 1 heteroatoms. The van der Waals surface area contributed by atoms with Gasteiger partial charge < -0.3 is 0 Å². The van der Waals surface area contributed by atoms with E-state index >= 15 is 0 Å². The van der Waals surface area contributed by atoms with Gasteiger partial charge in [0.15, 0.2) is 0 Å². The van der Waals surface area contributed by atoms with Crippen LogP contribution in [0.5, 0.6) is 0 Å². The minimum Gasteiger partial charge on any atom is -0.299 e. The summed E-state index contributed by atoms with van der Waals surface area (Å²) in [5.41, 5.74) is 0.626. The molecule has 3 aliphatic rings. The Hall–Kier alpha value is -0.330. The van der Waals surface area contributed by atoms with E-state index in [1.54, 1.807) is 0 Å². The first-order valence-electron chi connectivity index (χ1n) is 7.42. The largest absolute Gasteiger partial charge is 0.299 e. The summed E-state index contributed by atoms with van der Waals surface area (Å²) in [6.45, 7) is 9.50. The van der Waals surface area contributed by atoms with Gasteiger partial charge in [-0.1, -0.05) is 34.1 Å². The average Bonchev–Trinajstić information content (AvgIpc) is 2.66. The van der Waals surface area contributed by atoms with Crippen molar-refractivity contribution in [3.8, 4) is 0 Å². The van der Waals surface area contributed by atoms with Crippen molar-refractivity contribution < 1.29 is 4.79 Å². The van der Waals surface area contributed by atoms with Gasteiger partial charge in [0, 0.05) is 11.8 Å². The summed E-state index contributed by atoms with van der Waals surface area (Å²) in [6.07, 6.45) is 7.19. The van der Waals surface area contributed by atoms with Crippen molar-refractivity contribution in [2.75, 3.05) is 0 Å². The molecule has 0 saturated heterocycles. The van der Waals surface area contributed by atoms with Gasteiger partial charge in [-0.25, -0.2) is 0 Å². The molecule has 1 nitrogen and oxygen atoms in total. The molecule has 0 aromatic rings. The van der Waals surface area contributed by atoms with Crippen molar-refractivity contribution >= 4 is 5.78 Å². The number of hydrogen-bond acceptors (Lipinski definition) is 1. The van der Waals surface area contributed by atoms with Gasteiger partial charge in [0.25, 0.3) is 0 Å². The predicted octanol–water partition coefficient (Wildman–Crippen LogP) is 4.21. The second kappa shape index (κ2) is 3.16. The fraction of sp³-hybridized carbons (Fsp3) is 0.938. The number of carbonyl (C=O) groups is 1.